The highest BCUT2D eigenvalue weighted by atomic mass is 35.5. The first-order valence-corrected chi connectivity index (χ1v) is 8.72. The van der Waals surface area contributed by atoms with Gasteiger partial charge in [0, 0.05) is 22.6 Å². The number of carbonyl (C=O) groups excluding carboxylic acids is 1. The minimum atomic E-state index is -0.319. The molecule has 0 saturated carbocycles. The molecule has 130 valence electrons. The minimum absolute atomic E-state index is 0.319. The average Bonchev–Trinajstić information content (AvgIpc) is 3.10. The summed E-state index contributed by atoms with van der Waals surface area (Å²) in [5, 5.41) is 8.51. The van der Waals surface area contributed by atoms with Crippen LogP contribution in [0, 0.1) is 0 Å². The third-order valence-corrected chi connectivity index (χ3v) is 4.49. The number of nitrogens with zero attached hydrogens (tertiary/aromatic N) is 2. The lowest BCUT2D eigenvalue weighted by Gasteiger charge is -2.21. The Morgan fingerprint density at radius 3 is 2.58 bits per heavy atom. The molecule has 0 atom stereocenters. The summed E-state index contributed by atoms with van der Waals surface area (Å²) in [6, 6.07) is 20.9. The third kappa shape index (κ3) is 3.34. The number of guanidine groups is 1. The number of anilines is 2. The van der Waals surface area contributed by atoms with E-state index in [4.69, 9.17) is 11.6 Å². The molecule has 1 heterocycles. The number of amides is 2. The molecule has 4 rings (SSSR count). The maximum atomic E-state index is 12.5. The van der Waals surface area contributed by atoms with Gasteiger partial charge in [0.2, 0.25) is 5.96 Å². The van der Waals surface area contributed by atoms with Crippen LogP contribution in [0.2, 0.25) is 5.02 Å². The number of benzene rings is 3. The molecule has 0 fully saturated rings. The molecule has 0 saturated heterocycles. The Labute approximate surface area is 156 Å². The predicted octanol–water partition coefficient (Wildman–Crippen LogP) is 4.49. The summed E-state index contributed by atoms with van der Waals surface area (Å²) in [5.41, 5.74) is 1.70. The van der Waals surface area contributed by atoms with Crippen molar-refractivity contribution in [3.63, 3.8) is 0 Å². The summed E-state index contributed by atoms with van der Waals surface area (Å²) in [6.07, 6.45) is 0. The lowest BCUT2D eigenvalue weighted by atomic mass is 10.1. The van der Waals surface area contributed by atoms with E-state index in [9.17, 15) is 4.79 Å². The molecule has 3 aromatic rings. The number of aliphatic imine (C=N–C) groups is 1. The van der Waals surface area contributed by atoms with E-state index in [2.05, 4.69) is 15.6 Å². The highest BCUT2D eigenvalue weighted by Gasteiger charge is 2.20. The monoisotopic (exact) mass is 364 g/mol. The van der Waals surface area contributed by atoms with Crippen LogP contribution < -0.4 is 15.5 Å². The van der Waals surface area contributed by atoms with Gasteiger partial charge >= 0.3 is 6.03 Å². The Kier molecular flexibility index (Phi) is 4.46. The van der Waals surface area contributed by atoms with E-state index in [0.717, 1.165) is 22.1 Å². The first kappa shape index (κ1) is 16.4. The zero-order chi connectivity index (χ0) is 17.9. The van der Waals surface area contributed by atoms with E-state index >= 15 is 0 Å². The second kappa shape index (κ2) is 7.06. The van der Waals surface area contributed by atoms with Crippen LogP contribution >= 0.6 is 11.6 Å². The van der Waals surface area contributed by atoms with Gasteiger partial charge in [-0.05, 0) is 35.7 Å². The highest BCUT2D eigenvalue weighted by molar-refractivity contribution is 6.30. The van der Waals surface area contributed by atoms with E-state index in [1.54, 1.807) is 0 Å². The molecule has 0 unspecified atom stereocenters. The molecule has 0 aromatic heterocycles. The SMILES string of the molecule is O=C(NC1=NCCN1c1ccc(Cl)cc1)Nc1cccc2ccccc12. The summed E-state index contributed by atoms with van der Waals surface area (Å²) >= 11 is 5.95. The fraction of sp³-hybridized carbons (Fsp3) is 0.100. The van der Waals surface area contributed by atoms with Gasteiger partial charge in [-0.2, -0.15) is 0 Å². The zero-order valence-corrected chi connectivity index (χ0v) is 14.7. The van der Waals surface area contributed by atoms with Crippen molar-refractivity contribution in [2.75, 3.05) is 23.3 Å². The topological polar surface area (TPSA) is 56.7 Å². The van der Waals surface area contributed by atoms with Crippen LogP contribution in [0.4, 0.5) is 16.2 Å². The van der Waals surface area contributed by atoms with Gasteiger partial charge < -0.3 is 10.2 Å². The van der Waals surface area contributed by atoms with E-state index in [0.29, 0.717) is 24.1 Å². The van der Waals surface area contributed by atoms with E-state index in [1.165, 1.54) is 0 Å². The fourth-order valence-corrected chi connectivity index (χ4v) is 3.14. The number of carbonyl (C=O) groups is 1. The second-order valence-electron chi connectivity index (χ2n) is 5.94. The molecule has 3 aromatic carbocycles. The van der Waals surface area contributed by atoms with Crippen LogP contribution in [0.15, 0.2) is 71.7 Å². The number of fused-ring (bicyclic) bond motifs is 1. The molecular weight excluding hydrogens is 348 g/mol. The zero-order valence-electron chi connectivity index (χ0n) is 13.9. The largest absolute Gasteiger partial charge is 0.326 e. The fourth-order valence-electron chi connectivity index (χ4n) is 3.02. The van der Waals surface area contributed by atoms with Gasteiger partial charge in [0.1, 0.15) is 0 Å². The van der Waals surface area contributed by atoms with Gasteiger partial charge in [0.05, 0.1) is 12.2 Å². The summed E-state index contributed by atoms with van der Waals surface area (Å²) in [7, 11) is 0. The van der Waals surface area contributed by atoms with Crippen molar-refractivity contribution in [2.24, 2.45) is 4.99 Å². The lowest BCUT2D eigenvalue weighted by Crippen LogP contribution is -2.43. The molecule has 6 heteroatoms. The van der Waals surface area contributed by atoms with Crippen LogP contribution in [-0.4, -0.2) is 25.1 Å². The molecule has 0 aliphatic carbocycles. The second-order valence-corrected chi connectivity index (χ2v) is 6.38. The van der Waals surface area contributed by atoms with Gasteiger partial charge in [-0.3, -0.25) is 10.3 Å². The molecular formula is C20H17ClN4O. The molecule has 2 amide bonds. The van der Waals surface area contributed by atoms with E-state index in [-0.39, 0.29) is 6.03 Å². The quantitative estimate of drug-likeness (QED) is 0.703. The van der Waals surface area contributed by atoms with Crippen molar-refractivity contribution in [2.45, 2.75) is 0 Å². The maximum absolute atomic E-state index is 12.5. The van der Waals surface area contributed by atoms with Crippen LogP contribution in [0.5, 0.6) is 0 Å². The van der Waals surface area contributed by atoms with Crippen LogP contribution in [0.25, 0.3) is 10.8 Å². The van der Waals surface area contributed by atoms with Crippen molar-refractivity contribution in [3.8, 4) is 0 Å². The average molecular weight is 365 g/mol. The number of rotatable bonds is 2. The number of halogens is 1. The Hall–Kier alpha value is -3.05. The predicted molar refractivity (Wildman–Crippen MR) is 107 cm³/mol. The van der Waals surface area contributed by atoms with Crippen molar-refractivity contribution in [1.82, 2.24) is 5.32 Å². The molecule has 5 nitrogen and oxygen atoms in total. The van der Waals surface area contributed by atoms with E-state index in [1.807, 2.05) is 71.6 Å². The molecule has 0 bridgehead atoms. The Balaban J connectivity index is 1.50. The number of hydrogen-bond donors (Lipinski definition) is 2. The molecule has 1 aliphatic rings. The van der Waals surface area contributed by atoms with Gasteiger partial charge in [-0.25, -0.2) is 4.79 Å². The number of urea groups is 1. The Bertz CT molecular complexity index is 979. The highest BCUT2D eigenvalue weighted by Crippen LogP contribution is 2.23. The van der Waals surface area contributed by atoms with Crippen LogP contribution in [0.1, 0.15) is 0 Å². The smallest absolute Gasteiger partial charge is 0.310 e. The molecule has 1 aliphatic heterocycles. The lowest BCUT2D eigenvalue weighted by molar-refractivity contribution is 0.256. The van der Waals surface area contributed by atoms with Crippen LogP contribution in [0.3, 0.4) is 0 Å². The van der Waals surface area contributed by atoms with Crippen LogP contribution in [-0.2, 0) is 0 Å². The Morgan fingerprint density at radius 1 is 0.962 bits per heavy atom. The van der Waals surface area contributed by atoms with Crippen molar-refractivity contribution in [1.29, 1.82) is 0 Å². The molecule has 0 spiro atoms. The normalized spacial score (nSPS) is 13.6. The third-order valence-electron chi connectivity index (χ3n) is 4.24. The number of nitrogens with one attached hydrogen (secondary N) is 2. The summed E-state index contributed by atoms with van der Waals surface area (Å²) < 4.78 is 0. The Morgan fingerprint density at radius 2 is 1.73 bits per heavy atom. The molecule has 0 radical (unpaired) electrons. The van der Waals surface area contributed by atoms with E-state index < -0.39 is 0 Å². The summed E-state index contributed by atoms with van der Waals surface area (Å²) in [5.74, 6) is 0.532. The maximum Gasteiger partial charge on any atom is 0.326 e. The first-order valence-electron chi connectivity index (χ1n) is 8.34. The van der Waals surface area contributed by atoms with Gasteiger partial charge in [-0.1, -0.05) is 48.0 Å². The number of hydrogen-bond acceptors (Lipinski definition) is 3. The molecule has 26 heavy (non-hydrogen) atoms. The van der Waals surface area contributed by atoms with Gasteiger partial charge in [0.25, 0.3) is 0 Å². The minimum Gasteiger partial charge on any atom is -0.310 e. The standard InChI is InChI=1S/C20H17ClN4O/c21-15-8-10-16(11-9-15)25-13-12-22-19(25)24-20(26)23-18-7-3-5-14-4-1-2-6-17(14)18/h1-11H,12-13H2,(H2,22,23,24,26). The van der Waals surface area contributed by atoms with Gasteiger partial charge in [-0.15, -0.1) is 0 Å². The first-order chi connectivity index (χ1) is 12.7. The van der Waals surface area contributed by atoms with Crippen molar-refractivity contribution < 1.29 is 4.79 Å². The summed E-state index contributed by atoms with van der Waals surface area (Å²) in [6.45, 7) is 1.35. The van der Waals surface area contributed by atoms with Gasteiger partial charge in [0.15, 0.2) is 0 Å². The molecule has 2 N–H and O–H groups in total. The van der Waals surface area contributed by atoms with Crippen molar-refractivity contribution >= 4 is 45.7 Å². The van der Waals surface area contributed by atoms with Crippen molar-refractivity contribution in [3.05, 3.63) is 71.8 Å². The summed E-state index contributed by atoms with van der Waals surface area (Å²) in [4.78, 5) is 18.8.